The standard InChI is InChI=1S/C17H26N2O3.ClH/c1-13(18)14-7-9-19(10-8-14)17(20)15-5-3-4-6-16(15)22-12-11-21-2;/h3-6,13-14H,7-12,18H2,1-2H3;1H. The lowest BCUT2D eigenvalue weighted by molar-refractivity contribution is 0.0674. The highest BCUT2D eigenvalue weighted by molar-refractivity contribution is 5.97. The van der Waals surface area contributed by atoms with Crippen molar-refractivity contribution in [2.45, 2.75) is 25.8 Å². The minimum absolute atomic E-state index is 0. The monoisotopic (exact) mass is 342 g/mol. The fourth-order valence-corrected chi connectivity index (χ4v) is 2.80. The predicted octanol–water partition coefficient (Wildman–Crippen LogP) is 2.33. The minimum Gasteiger partial charge on any atom is -0.490 e. The number of hydrogen-bond acceptors (Lipinski definition) is 4. The van der Waals surface area contributed by atoms with Crippen molar-refractivity contribution in [3.05, 3.63) is 29.8 Å². The van der Waals surface area contributed by atoms with Crippen molar-refractivity contribution in [2.24, 2.45) is 11.7 Å². The topological polar surface area (TPSA) is 64.8 Å². The number of benzene rings is 1. The van der Waals surface area contributed by atoms with E-state index < -0.39 is 0 Å². The zero-order chi connectivity index (χ0) is 15.9. The molecule has 0 bridgehead atoms. The van der Waals surface area contributed by atoms with E-state index in [0.717, 1.165) is 25.9 Å². The molecule has 1 saturated heterocycles. The summed E-state index contributed by atoms with van der Waals surface area (Å²) < 4.78 is 10.6. The number of nitrogens with zero attached hydrogens (tertiary/aromatic N) is 1. The first-order chi connectivity index (χ1) is 10.6. The van der Waals surface area contributed by atoms with Gasteiger partial charge in [0.2, 0.25) is 0 Å². The summed E-state index contributed by atoms with van der Waals surface area (Å²) in [5.74, 6) is 1.17. The predicted molar refractivity (Wildman–Crippen MR) is 93.3 cm³/mol. The number of methoxy groups -OCH3 is 1. The number of hydrogen-bond donors (Lipinski definition) is 1. The molecule has 1 aromatic carbocycles. The van der Waals surface area contributed by atoms with E-state index >= 15 is 0 Å². The number of carbonyl (C=O) groups excluding carboxylic acids is 1. The van der Waals surface area contributed by atoms with Crippen LogP contribution in [0.25, 0.3) is 0 Å². The normalized spacial score (nSPS) is 16.6. The lowest BCUT2D eigenvalue weighted by atomic mass is 9.90. The molecule has 1 atom stereocenters. The highest BCUT2D eigenvalue weighted by Crippen LogP contribution is 2.24. The smallest absolute Gasteiger partial charge is 0.257 e. The van der Waals surface area contributed by atoms with Gasteiger partial charge in [-0.2, -0.15) is 0 Å². The Labute approximate surface area is 144 Å². The summed E-state index contributed by atoms with van der Waals surface area (Å²) in [7, 11) is 1.63. The maximum absolute atomic E-state index is 12.7. The van der Waals surface area contributed by atoms with Crippen LogP contribution < -0.4 is 10.5 Å². The molecule has 2 N–H and O–H groups in total. The third-order valence-electron chi connectivity index (χ3n) is 4.23. The molecule has 6 heteroatoms. The molecule has 1 aromatic rings. The van der Waals surface area contributed by atoms with Crippen LogP contribution in [0, 0.1) is 5.92 Å². The minimum atomic E-state index is 0. The van der Waals surface area contributed by atoms with Crippen LogP contribution in [0.1, 0.15) is 30.1 Å². The third-order valence-corrected chi connectivity index (χ3v) is 4.23. The van der Waals surface area contributed by atoms with Crippen LogP contribution in [0.5, 0.6) is 5.75 Å². The van der Waals surface area contributed by atoms with Crippen molar-refractivity contribution >= 4 is 18.3 Å². The van der Waals surface area contributed by atoms with Crippen LogP contribution in [0.3, 0.4) is 0 Å². The molecule has 1 unspecified atom stereocenters. The van der Waals surface area contributed by atoms with E-state index in [1.54, 1.807) is 7.11 Å². The number of rotatable bonds is 6. The Balaban J connectivity index is 0.00000264. The summed E-state index contributed by atoms with van der Waals surface area (Å²) in [6.45, 7) is 4.51. The number of piperidine rings is 1. The molecule has 0 radical (unpaired) electrons. The number of ether oxygens (including phenoxy) is 2. The van der Waals surface area contributed by atoms with E-state index in [2.05, 4.69) is 0 Å². The van der Waals surface area contributed by atoms with Crippen molar-refractivity contribution in [1.29, 1.82) is 0 Å². The van der Waals surface area contributed by atoms with Crippen LogP contribution in [0.4, 0.5) is 0 Å². The van der Waals surface area contributed by atoms with Gasteiger partial charge in [0, 0.05) is 26.2 Å². The van der Waals surface area contributed by atoms with Gasteiger partial charge in [-0.05, 0) is 37.8 Å². The number of halogens is 1. The highest BCUT2D eigenvalue weighted by Gasteiger charge is 2.26. The van der Waals surface area contributed by atoms with Gasteiger partial charge in [0.15, 0.2) is 0 Å². The second-order valence-corrected chi connectivity index (χ2v) is 5.83. The van der Waals surface area contributed by atoms with Crippen LogP contribution in [0.15, 0.2) is 24.3 Å². The quantitative estimate of drug-likeness (QED) is 0.806. The molecular weight excluding hydrogens is 316 g/mol. The van der Waals surface area contributed by atoms with Crippen molar-refractivity contribution < 1.29 is 14.3 Å². The maximum atomic E-state index is 12.7. The summed E-state index contributed by atoms with van der Waals surface area (Å²) in [5.41, 5.74) is 6.58. The zero-order valence-corrected chi connectivity index (χ0v) is 14.7. The molecule has 0 aliphatic carbocycles. The Kier molecular flexibility index (Phi) is 8.37. The van der Waals surface area contributed by atoms with E-state index in [4.69, 9.17) is 15.2 Å². The molecule has 0 spiro atoms. The van der Waals surface area contributed by atoms with Crippen molar-refractivity contribution in [1.82, 2.24) is 4.90 Å². The summed E-state index contributed by atoms with van der Waals surface area (Å²) in [5, 5.41) is 0. The molecule has 5 nitrogen and oxygen atoms in total. The molecule has 1 aliphatic rings. The van der Waals surface area contributed by atoms with Gasteiger partial charge in [0.1, 0.15) is 12.4 Å². The summed E-state index contributed by atoms with van der Waals surface area (Å²) in [4.78, 5) is 14.6. The van der Waals surface area contributed by atoms with E-state index in [1.165, 1.54) is 0 Å². The Morgan fingerprint density at radius 2 is 1.96 bits per heavy atom. The van der Waals surface area contributed by atoms with Crippen molar-refractivity contribution in [2.75, 3.05) is 33.4 Å². The first-order valence-electron chi connectivity index (χ1n) is 7.89. The molecule has 1 fully saturated rings. The largest absolute Gasteiger partial charge is 0.490 e. The number of para-hydroxylation sites is 1. The molecule has 1 amide bonds. The number of likely N-dealkylation sites (tertiary alicyclic amines) is 1. The number of carbonyl (C=O) groups is 1. The highest BCUT2D eigenvalue weighted by atomic mass is 35.5. The summed E-state index contributed by atoms with van der Waals surface area (Å²) in [6.07, 6.45) is 1.94. The van der Waals surface area contributed by atoms with Gasteiger partial charge in [-0.3, -0.25) is 4.79 Å². The molecule has 0 aromatic heterocycles. The maximum Gasteiger partial charge on any atom is 0.257 e. The van der Waals surface area contributed by atoms with Crippen LogP contribution >= 0.6 is 12.4 Å². The number of nitrogens with two attached hydrogens (primary N) is 1. The van der Waals surface area contributed by atoms with Gasteiger partial charge < -0.3 is 20.1 Å². The van der Waals surface area contributed by atoms with Crippen LogP contribution in [-0.4, -0.2) is 50.3 Å². The Morgan fingerprint density at radius 1 is 1.30 bits per heavy atom. The SMILES string of the molecule is COCCOc1ccccc1C(=O)N1CCC(C(C)N)CC1.Cl. The van der Waals surface area contributed by atoms with E-state index in [9.17, 15) is 4.79 Å². The number of amides is 1. The van der Waals surface area contributed by atoms with Gasteiger partial charge in [-0.1, -0.05) is 12.1 Å². The molecule has 0 saturated carbocycles. The summed E-state index contributed by atoms with van der Waals surface area (Å²) in [6, 6.07) is 7.59. The van der Waals surface area contributed by atoms with Gasteiger partial charge >= 0.3 is 0 Å². The second-order valence-electron chi connectivity index (χ2n) is 5.83. The molecular formula is C17H27ClN2O3. The Hall–Kier alpha value is -1.30. The first kappa shape index (κ1) is 19.7. The fourth-order valence-electron chi connectivity index (χ4n) is 2.80. The lowest BCUT2D eigenvalue weighted by Crippen LogP contribution is -2.42. The molecule has 130 valence electrons. The van der Waals surface area contributed by atoms with Gasteiger partial charge in [0.05, 0.1) is 12.2 Å². The lowest BCUT2D eigenvalue weighted by Gasteiger charge is -2.34. The average molecular weight is 343 g/mol. The zero-order valence-electron chi connectivity index (χ0n) is 13.9. The fraction of sp³-hybridized carbons (Fsp3) is 0.588. The van der Waals surface area contributed by atoms with Crippen LogP contribution in [-0.2, 0) is 4.74 Å². The van der Waals surface area contributed by atoms with E-state index in [-0.39, 0.29) is 24.4 Å². The molecule has 1 aliphatic heterocycles. The van der Waals surface area contributed by atoms with E-state index in [1.807, 2.05) is 36.1 Å². The Morgan fingerprint density at radius 3 is 2.57 bits per heavy atom. The third kappa shape index (κ3) is 5.37. The summed E-state index contributed by atoms with van der Waals surface area (Å²) >= 11 is 0. The van der Waals surface area contributed by atoms with Crippen LogP contribution in [0.2, 0.25) is 0 Å². The molecule has 1 heterocycles. The molecule has 23 heavy (non-hydrogen) atoms. The Bertz CT molecular complexity index is 488. The van der Waals surface area contributed by atoms with Crippen molar-refractivity contribution in [3.63, 3.8) is 0 Å². The second kappa shape index (κ2) is 9.75. The van der Waals surface area contributed by atoms with E-state index in [0.29, 0.717) is 30.4 Å². The molecule has 2 rings (SSSR count). The average Bonchev–Trinajstić information content (AvgIpc) is 2.55. The van der Waals surface area contributed by atoms with Gasteiger partial charge in [-0.25, -0.2) is 0 Å². The first-order valence-corrected chi connectivity index (χ1v) is 7.89. The van der Waals surface area contributed by atoms with Gasteiger partial charge in [-0.15, -0.1) is 12.4 Å². The van der Waals surface area contributed by atoms with Gasteiger partial charge in [0.25, 0.3) is 5.91 Å². The van der Waals surface area contributed by atoms with Crippen molar-refractivity contribution in [3.8, 4) is 5.75 Å².